The summed E-state index contributed by atoms with van der Waals surface area (Å²) >= 11 is 0. The van der Waals surface area contributed by atoms with Gasteiger partial charge in [-0.05, 0) is 48.6 Å². The maximum atomic E-state index is 11.7. The Bertz CT molecular complexity index is 776. The molecule has 3 aliphatic heterocycles. The van der Waals surface area contributed by atoms with E-state index in [1.54, 1.807) is 0 Å². The highest BCUT2D eigenvalue weighted by molar-refractivity contribution is 6.06. The Morgan fingerprint density at radius 2 is 2.11 bits per heavy atom. The van der Waals surface area contributed by atoms with Gasteiger partial charge in [-0.15, -0.1) is 0 Å². The predicted molar refractivity (Wildman–Crippen MR) is 105 cm³/mol. The number of ether oxygens (including phenoxy) is 1. The lowest BCUT2D eigenvalue weighted by atomic mass is 9.83. The lowest BCUT2D eigenvalue weighted by Crippen LogP contribution is -2.52. The highest BCUT2D eigenvalue weighted by Gasteiger charge is 2.43. The molecule has 2 fully saturated rings. The number of hydrogen-bond donors (Lipinski definition) is 1. The molecule has 5 heteroatoms. The summed E-state index contributed by atoms with van der Waals surface area (Å²) in [6.07, 6.45) is 8.89. The van der Waals surface area contributed by atoms with Crippen molar-refractivity contribution >= 4 is 11.6 Å². The smallest absolute Gasteiger partial charge is 0.240 e. The number of piperidine rings is 1. The van der Waals surface area contributed by atoms with Crippen molar-refractivity contribution < 1.29 is 9.53 Å². The molecule has 1 amide bonds. The number of benzene rings is 1. The first-order chi connectivity index (χ1) is 13.2. The van der Waals surface area contributed by atoms with Crippen LogP contribution in [0.4, 0.5) is 0 Å². The summed E-state index contributed by atoms with van der Waals surface area (Å²) < 4.78 is 6.49. The third kappa shape index (κ3) is 3.06. The van der Waals surface area contributed by atoms with E-state index >= 15 is 0 Å². The Hall–Kier alpha value is -1.88. The van der Waals surface area contributed by atoms with Gasteiger partial charge in [0, 0.05) is 50.7 Å². The van der Waals surface area contributed by atoms with E-state index in [0.29, 0.717) is 6.42 Å². The maximum Gasteiger partial charge on any atom is 0.240 e. The summed E-state index contributed by atoms with van der Waals surface area (Å²) in [4.78, 5) is 14.3. The highest BCUT2D eigenvalue weighted by Crippen LogP contribution is 2.43. The van der Waals surface area contributed by atoms with Crippen molar-refractivity contribution in [3.63, 3.8) is 0 Å². The molecule has 1 spiro atoms. The standard InChI is InChI=1S/C22H29N3O2/c1-2-15-13-20(26)23-24-21(15)16-6-7-19-17(12-16)14-22(27-19)8-10-25(11-9-22)18-4-3-5-18/h6-7,12,15,18H,2-5,8-11,13-14H2,1H3,(H,23,26). The van der Waals surface area contributed by atoms with Crippen molar-refractivity contribution in [2.75, 3.05) is 13.1 Å². The van der Waals surface area contributed by atoms with E-state index in [1.807, 2.05) is 0 Å². The largest absolute Gasteiger partial charge is 0.487 e. The minimum atomic E-state index is -0.00600. The summed E-state index contributed by atoms with van der Waals surface area (Å²) in [5.41, 5.74) is 6.10. The molecule has 1 atom stereocenters. The van der Waals surface area contributed by atoms with Crippen molar-refractivity contribution in [3.8, 4) is 5.75 Å². The number of carbonyl (C=O) groups excluding carboxylic acids is 1. The fourth-order valence-electron chi connectivity index (χ4n) is 5.14. The molecule has 1 unspecified atom stereocenters. The molecular formula is C22H29N3O2. The van der Waals surface area contributed by atoms with Crippen LogP contribution in [0.5, 0.6) is 5.75 Å². The van der Waals surface area contributed by atoms with Gasteiger partial charge in [-0.1, -0.05) is 13.3 Å². The molecule has 0 aromatic heterocycles. The first-order valence-corrected chi connectivity index (χ1v) is 10.6. The van der Waals surface area contributed by atoms with Gasteiger partial charge in [-0.25, -0.2) is 5.43 Å². The van der Waals surface area contributed by atoms with Crippen molar-refractivity contribution in [2.24, 2.45) is 11.0 Å². The molecule has 4 aliphatic rings. The molecule has 0 radical (unpaired) electrons. The Morgan fingerprint density at radius 3 is 2.81 bits per heavy atom. The van der Waals surface area contributed by atoms with Crippen LogP contribution < -0.4 is 10.2 Å². The molecule has 1 N–H and O–H groups in total. The van der Waals surface area contributed by atoms with Gasteiger partial charge in [0.1, 0.15) is 11.4 Å². The topological polar surface area (TPSA) is 53.9 Å². The lowest BCUT2D eigenvalue weighted by molar-refractivity contribution is -0.122. The van der Waals surface area contributed by atoms with Crippen molar-refractivity contribution in [1.29, 1.82) is 0 Å². The molecule has 144 valence electrons. The molecule has 27 heavy (non-hydrogen) atoms. The molecule has 3 heterocycles. The van der Waals surface area contributed by atoms with Gasteiger partial charge in [-0.3, -0.25) is 4.79 Å². The lowest BCUT2D eigenvalue weighted by Gasteiger charge is -2.45. The predicted octanol–water partition coefficient (Wildman–Crippen LogP) is 3.26. The number of rotatable bonds is 3. The number of hydrogen-bond acceptors (Lipinski definition) is 4. The average Bonchev–Trinajstić information content (AvgIpc) is 2.99. The average molecular weight is 367 g/mol. The third-order valence-electron chi connectivity index (χ3n) is 7.11. The number of hydrazone groups is 1. The van der Waals surface area contributed by atoms with Crippen molar-refractivity contribution in [3.05, 3.63) is 29.3 Å². The van der Waals surface area contributed by atoms with Crippen LogP contribution in [0, 0.1) is 5.92 Å². The van der Waals surface area contributed by atoms with Gasteiger partial charge in [0.2, 0.25) is 5.91 Å². The quantitative estimate of drug-likeness (QED) is 0.892. The van der Waals surface area contributed by atoms with Gasteiger partial charge in [0.05, 0.1) is 5.71 Å². The molecule has 0 bridgehead atoms. The zero-order valence-electron chi connectivity index (χ0n) is 16.2. The van der Waals surface area contributed by atoms with Crippen LogP contribution in [0.1, 0.15) is 63.0 Å². The maximum absolute atomic E-state index is 11.7. The van der Waals surface area contributed by atoms with E-state index < -0.39 is 0 Å². The Labute approximate surface area is 161 Å². The number of nitrogens with zero attached hydrogens (tertiary/aromatic N) is 2. The normalized spacial score (nSPS) is 27.5. The molecule has 5 rings (SSSR count). The van der Waals surface area contributed by atoms with Crippen LogP contribution in [0.3, 0.4) is 0 Å². The minimum Gasteiger partial charge on any atom is -0.487 e. The molecule has 1 aromatic rings. The molecule has 1 aromatic carbocycles. The van der Waals surface area contributed by atoms with Crippen LogP contribution in [-0.2, 0) is 11.2 Å². The SMILES string of the molecule is CCC1CC(=O)NN=C1c1ccc2c(c1)CC1(CCN(C3CCC3)CC1)O2. The van der Waals surface area contributed by atoms with Crippen molar-refractivity contribution in [2.45, 2.75) is 69.9 Å². The Morgan fingerprint density at radius 1 is 1.30 bits per heavy atom. The second kappa shape index (κ2) is 6.62. The summed E-state index contributed by atoms with van der Waals surface area (Å²) in [6, 6.07) is 7.31. The van der Waals surface area contributed by atoms with Crippen molar-refractivity contribution in [1.82, 2.24) is 10.3 Å². The van der Waals surface area contributed by atoms with E-state index in [4.69, 9.17) is 4.74 Å². The number of carbonyl (C=O) groups is 1. The summed E-state index contributed by atoms with van der Waals surface area (Å²) in [5, 5.41) is 4.38. The summed E-state index contributed by atoms with van der Waals surface area (Å²) in [5.74, 6) is 1.27. The number of fused-ring (bicyclic) bond motifs is 1. The van der Waals surface area contributed by atoms with Gasteiger partial charge < -0.3 is 9.64 Å². The zero-order valence-corrected chi connectivity index (χ0v) is 16.2. The molecule has 1 saturated heterocycles. The van der Waals surface area contributed by atoms with E-state index in [0.717, 1.165) is 48.7 Å². The fourth-order valence-corrected chi connectivity index (χ4v) is 5.14. The summed E-state index contributed by atoms with van der Waals surface area (Å²) in [6.45, 7) is 4.46. The van der Waals surface area contributed by atoms with Gasteiger partial charge in [0.25, 0.3) is 0 Å². The van der Waals surface area contributed by atoms with Crippen LogP contribution >= 0.6 is 0 Å². The molecular weight excluding hydrogens is 338 g/mol. The number of nitrogens with one attached hydrogen (secondary N) is 1. The fraction of sp³-hybridized carbons (Fsp3) is 0.636. The van der Waals surface area contributed by atoms with Crippen LogP contribution in [0.15, 0.2) is 23.3 Å². The van der Waals surface area contributed by atoms with Gasteiger partial charge in [0.15, 0.2) is 0 Å². The van der Waals surface area contributed by atoms with Gasteiger partial charge >= 0.3 is 0 Å². The van der Waals surface area contributed by atoms with Crippen LogP contribution in [0.25, 0.3) is 0 Å². The van der Waals surface area contributed by atoms with Gasteiger partial charge in [-0.2, -0.15) is 5.10 Å². The number of amides is 1. The summed E-state index contributed by atoms with van der Waals surface area (Å²) in [7, 11) is 0. The second-order valence-corrected chi connectivity index (χ2v) is 8.75. The van der Waals surface area contributed by atoms with E-state index in [9.17, 15) is 4.79 Å². The molecule has 5 nitrogen and oxygen atoms in total. The third-order valence-corrected chi connectivity index (χ3v) is 7.11. The second-order valence-electron chi connectivity index (χ2n) is 8.75. The first-order valence-electron chi connectivity index (χ1n) is 10.6. The Kier molecular flexibility index (Phi) is 4.23. The van der Waals surface area contributed by atoms with Crippen LogP contribution in [-0.4, -0.2) is 41.3 Å². The number of likely N-dealkylation sites (tertiary alicyclic amines) is 1. The molecule has 1 aliphatic carbocycles. The zero-order chi connectivity index (χ0) is 18.4. The van der Waals surface area contributed by atoms with E-state index in [1.165, 1.54) is 37.9 Å². The first kappa shape index (κ1) is 17.2. The Balaban J connectivity index is 1.32. The molecule has 1 saturated carbocycles. The minimum absolute atomic E-state index is 0.00600. The van der Waals surface area contributed by atoms with Crippen LogP contribution in [0.2, 0.25) is 0 Å². The highest BCUT2D eigenvalue weighted by atomic mass is 16.5. The monoisotopic (exact) mass is 367 g/mol. The van der Waals surface area contributed by atoms with E-state index in [2.05, 4.69) is 40.5 Å². The van der Waals surface area contributed by atoms with E-state index in [-0.39, 0.29) is 17.4 Å².